The van der Waals surface area contributed by atoms with Crippen LogP contribution in [-0.4, -0.2) is 76.4 Å². The van der Waals surface area contributed by atoms with Gasteiger partial charge in [0.25, 0.3) is 0 Å². The molecule has 156 valence electrons. The molecule has 0 radical (unpaired) electrons. The van der Waals surface area contributed by atoms with Crippen LogP contribution in [0.2, 0.25) is 0 Å². The number of guanidine groups is 1. The molecule has 1 aromatic carbocycles. The Hall–Kier alpha value is -1.79. The van der Waals surface area contributed by atoms with Gasteiger partial charge in [-0.2, -0.15) is 0 Å². The third kappa shape index (κ3) is 6.99. The summed E-state index contributed by atoms with van der Waals surface area (Å²) in [4.78, 5) is 9.38. The average Bonchev–Trinajstić information content (AvgIpc) is 3.57. The summed E-state index contributed by atoms with van der Waals surface area (Å²) < 4.78 is 5.68. The van der Waals surface area contributed by atoms with E-state index >= 15 is 0 Å². The van der Waals surface area contributed by atoms with Crippen LogP contribution in [-0.2, 0) is 4.74 Å². The highest BCUT2D eigenvalue weighted by Crippen LogP contribution is 2.28. The number of aliphatic imine (C=N–C) groups is 1. The van der Waals surface area contributed by atoms with Gasteiger partial charge in [0, 0.05) is 71.3 Å². The number of hydrogen-bond acceptors (Lipinski definition) is 4. The molecule has 2 aliphatic rings. The van der Waals surface area contributed by atoms with Crippen LogP contribution in [0.3, 0.4) is 0 Å². The Kier molecular flexibility index (Phi) is 8.42. The van der Waals surface area contributed by atoms with Crippen molar-refractivity contribution in [2.45, 2.75) is 32.2 Å². The molecule has 1 saturated carbocycles. The predicted octanol–water partition coefficient (Wildman–Crippen LogP) is 2.18. The number of hydrogen-bond donors (Lipinski definition) is 2. The van der Waals surface area contributed by atoms with Gasteiger partial charge in [-0.05, 0) is 44.2 Å². The molecule has 1 unspecified atom stereocenters. The fraction of sp³-hybridized carbons (Fsp3) is 0.682. The van der Waals surface area contributed by atoms with Crippen molar-refractivity contribution < 1.29 is 4.74 Å². The van der Waals surface area contributed by atoms with Gasteiger partial charge in [-0.15, -0.1) is 0 Å². The van der Waals surface area contributed by atoms with Crippen LogP contribution in [0, 0.1) is 5.92 Å². The lowest BCUT2D eigenvalue weighted by atomic mass is 10.2. The number of anilines is 1. The van der Waals surface area contributed by atoms with Crippen LogP contribution in [0.15, 0.2) is 35.3 Å². The minimum atomic E-state index is 0.485. The molecule has 1 aliphatic heterocycles. The number of nitrogens with zero attached hydrogens (tertiary/aromatic N) is 3. The van der Waals surface area contributed by atoms with E-state index in [1.54, 1.807) is 0 Å². The van der Waals surface area contributed by atoms with Gasteiger partial charge in [-0.3, -0.25) is 9.89 Å². The number of benzene rings is 1. The monoisotopic (exact) mass is 387 g/mol. The second kappa shape index (κ2) is 11.3. The summed E-state index contributed by atoms with van der Waals surface area (Å²) in [7, 11) is 1.84. The van der Waals surface area contributed by atoms with E-state index in [2.05, 4.69) is 62.7 Å². The summed E-state index contributed by atoms with van der Waals surface area (Å²) in [6.45, 7) is 10.3. The first-order chi connectivity index (χ1) is 13.8. The molecule has 1 saturated heterocycles. The van der Waals surface area contributed by atoms with Gasteiger partial charge in [-0.1, -0.05) is 18.2 Å². The molecule has 6 nitrogen and oxygen atoms in total. The first kappa shape index (κ1) is 20.9. The highest BCUT2D eigenvalue weighted by atomic mass is 16.5. The maximum absolute atomic E-state index is 5.68. The van der Waals surface area contributed by atoms with Crippen LogP contribution < -0.4 is 15.5 Å². The summed E-state index contributed by atoms with van der Waals surface area (Å²) in [6.07, 6.45) is 3.73. The van der Waals surface area contributed by atoms with Gasteiger partial charge in [0.1, 0.15) is 0 Å². The largest absolute Gasteiger partial charge is 0.381 e. The van der Waals surface area contributed by atoms with Gasteiger partial charge in [0.15, 0.2) is 5.96 Å². The maximum atomic E-state index is 5.68. The number of para-hydroxylation sites is 1. The summed E-state index contributed by atoms with van der Waals surface area (Å²) in [6, 6.07) is 11.2. The molecule has 0 aromatic heterocycles. The standard InChI is InChI=1S/C22H37N5O/c1-19(26-12-14-27(15-13-26)21-7-4-3-5-8-21)17-25-22(23-2)24-11-6-16-28-18-20-9-10-20/h3-5,7-8,19-20H,6,9-18H2,1-2H3,(H2,23,24,25). The third-order valence-corrected chi connectivity index (χ3v) is 5.66. The molecule has 2 fully saturated rings. The molecule has 0 amide bonds. The number of ether oxygens (including phenoxy) is 1. The van der Waals surface area contributed by atoms with Crippen LogP contribution in [0.25, 0.3) is 0 Å². The fourth-order valence-electron chi connectivity index (χ4n) is 3.57. The molecule has 2 N–H and O–H groups in total. The maximum Gasteiger partial charge on any atom is 0.191 e. The lowest BCUT2D eigenvalue weighted by Crippen LogP contribution is -2.53. The van der Waals surface area contributed by atoms with Crippen molar-refractivity contribution in [1.82, 2.24) is 15.5 Å². The van der Waals surface area contributed by atoms with E-state index in [4.69, 9.17) is 4.74 Å². The summed E-state index contributed by atoms with van der Waals surface area (Å²) >= 11 is 0. The van der Waals surface area contributed by atoms with Gasteiger partial charge in [0.2, 0.25) is 0 Å². The fourth-order valence-corrected chi connectivity index (χ4v) is 3.57. The van der Waals surface area contributed by atoms with E-state index in [-0.39, 0.29) is 0 Å². The molecule has 0 spiro atoms. The summed E-state index contributed by atoms with van der Waals surface area (Å²) in [5, 5.41) is 6.86. The summed E-state index contributed by atoms with van der Waals surface area (Å²) in [5.41, 5.74) is 1.33. The number of nitrogens with one attached hydrogen (secondary N) is 2. The van der Waals surface area contributed by atoms with E-state index in [1.165, 1.54) is 18.5 Å². The Balaban J connectivity index is 1.27. The molecule has 1 aliphatic carbocycles. The van der Waals surface area contributed by atoms with Gasteiger partial charge in [-0.25, -0.2) is 0 Å². The lowest BCUT2D eigenvalue weighted by Gasteiger charge is -2.39. The lowest BCUT2D eigenvalue weighted by molar-refractivity contribution is 0.123. The molecule has 6 heteroatoms. The van der Waals surface area contributed by atoms with Crippen molar-refractivity contribution >= 4 is 11.6 Å². The zero-order valence-electron chi connectivity index (χ0n) is 17.6. The number of rotatable bonds is 10. The highest BCUT2D eigenvalue weighted by Gasteiger charge is 2.22. The normalized spacial score (nSPS) is 19.5. The molecule has 1 heterocycles. The molecule has 1 aromatic rings. The molecule has 3 rings (SSSR count). The SMILES string of the molecule is CN=C(NCCCOCC1CC1)NCC(C)N1CCN(c2ccccc2)CC1. The van der Waals surface area contributed by atoms with Crippen molar-refractivity contribution in [3.63, 3.8) is 0 Å². The number of piperazine rings is 1. The van der Waals surface area contributed by atoms with Crippen LogP contribution in [0.4, 0.5) is 5.69 Å². The predicted molar refractivity (Wildman–Crippen MR) is 117 cm³/mol. The first-order valence-electron chi connectivity index (χ1n) is 10.8. The van der Waals surface area contributed by atoms with Crippen molar-refractivity contribution in [3.8, 4) is 0 Å². The molecule has 1 atom stereocenters. The second-order valence-corrected chi connectivity index (χ2v) is 7.96. The van der Waals surface area contributed by atoms with E-state index < -0.39 is 0 Å². The van der Waals surface area contributed by atoms with Crippen molar-refractivity contribution in [1.29, 1.82) is 0 Å². The Morgan fingerprint density at radius 2 is 1.89 bits per heavy atom. The zero-order valence-corrected chi connectivity index (χ0v) is 17.6. The summed E-state index contributed by atoms with van der Waals surface area (Å²) in [5.74, 6) is 1.73. The van der Waals surface area contributed by atoms with Crippen molar-refractivity contribution in [2.75, 3.05) is 64.4 Å². The van der Waals surface area contributed by atoms with Gasteiger partial charge >= 0.3 is 0 Å². The smallest absolute Gasteiger partial charge is 0.191 e. The molecule has 0 bridgehead atoms. The van der Waals surface area contributed by atoms with Crippen LogP contribution >= 0.6 is 0 Å². The topological polar surface area (TPSA) is 52.1 Å². The van der Waals surface area contributed by atoms with Crippen molar-refractivity contribution in [3.05, 3.63) is 30.3 Å². The van der Waals surface area contributed by atoms with Crippen molar-refractivity contribution in [2.24, 2.45) is 10.9 Å². The Bertz CT molecular complexity index is 582. The quantitative estimate of drug-likeness (QED) is 0.366. The molecular formula is C22H37N5O. The zero-order chi connectivity index (χ0) is 19.6. The highest BCUT2D eigenvalue weighted by molar-refractivity contribution is 5.79. The van der Waals surface area contributed by atoms with Crippen LogP contribution in [0.5, 0.6) is 0 Å². The molecular weight excluding hydrogens is 350 g/mol. The Morgan fingerprint density at radius 1 is 1.14 bits per heavy atom. The first-order valence-corrected chi connectivity index (χ1v) is 10.8. The van der Waals surface area contributed by atoms with Gasteiger partial charge in [0.05, 0.1) is 0 Å². The van der Waals surface area contributed by atoms with E-state index in [0.29, 0.717) is 6.04 Å². The van der Waals surface area contributed by atoms with Gasteiger partial charge < -0.3 is 20.3 Å². The minimum absolute atomic E-state index is 0.485. The Morgan fingerprint density at radius 3 is 2.57 bits per heavy atom. The third-order valence-electron chi connectivity index (χ3n) is 5.66. The van der Waals surface area contributed by atoms with E-state index in [9.17, 15) is 0 Å². The second-order valence-electron chi connectivity index (χ2n) is 7.96. The van der Waals surface area contributed by atoms with E-state index in [1.807, 2.05) is 7.05 Å². The van der Waals surface area contributed by atoms with E-state index in [0.717, 1.165) is 70.8 Å². The Labute approximate surface area is 170 Å². The minimum Gasteiger partial charge on any atom is -0.381 e. The molecule has 28 heavy (non-hydrogen) atoms. The average molecular weight is 388 g/mol. The van der Waals surface area contributed by atoms with Crippen LogP contribution in [0.1, 0.15) is 26.2 Å².